The molecule has 8 heteroatoms. The van der Waals surface area contributed by atoms with Crippen molar-refractivity contribution in [1.29, 1.82) is 0 Å². The first kappa shape index (κ1) is 17.7. The first-order valence-corrected chi connectivity index (χ1v) is 10.1. The molecule has 0 aliphatic heterocycles. The molecule has 0 N–H and O–H groups in total. The third-order valence-corrected chi connectivity index (χ3v) is 5.97. The molecule has 0 unspecified atom stereocenters. The van der Waals surface area contributed by atoms with Crippen LogP contribution in [0, 0.1) is 0 Å². The number of thiazole rings is 1. The summed E-state index contributed by atoms with van der Waals surface area (Å²) in [4.78, 5) is 8.88. The van der Waals surface area contributed by atoms with Gasteiger partial charge in [0, 0.05) is 41.7 Å². The van der Waals surface area contributed by atoms with Crippen LogP contribution < -0.4 is 4.74 Å². The van der Waals surface area contributed by atoms with Crippen LogP contribution >= 0.6 is 23.1 Å². The van der Waals surface area contributed by atoms with E-state index in [0.717, 1.165) is 44.3 Å². The lowest BCUT2D eigenvalue weighted by Gasteiger charge is -2.03. The Morgan fingerprint density at radius 3 is 2.85 bits per heavy atom. The van der Waals surface area contributed by atoms with Crippen LogP contribution in [0.25, 0.3) is 22.0 Å². The van der Waals surface area contributed by atoms with Crippen molar-refractivity contribution in [3.05, 3.63) is 59.9 Å². The summed E-state index contributed by atoms with van der Waals surface area (Å²) < 4.78 is 7.27. The second-order valence-corrected chi connectivity index (χ2v) is 7.57. The van der Waals surface area contributed by atoms with E-state index in [-0.39, 0.29) is 0 Å². The molecule has 0 spiro atoms. The number of nitrogens with zero attached hydrogens (tertiary/aromatic N) is 5. The van der Waals surface area contributed by atoms with Gasteiger partial charge in [-0.15, -0.1) is 21.5 Å². The predicted molar refractivity (Wildman–Crippen MR) is 108 cm³/mol. The lowest BCUT2D eigenvalue weighted by atomic mass is 10.2. The van der Waals surface area contributed by atoms with Gasteiger partial charge >= 0.3 is 0 Å². The molecule has 27 heavy (non-hydrogen) atoms. The maximum Gasteiger partial charge on any atom is 0.191 e. The van der Waals surface area contributed by atoms with Crippen LogP contribution in [0.4, 0.5) is 0 Å². The van der Waals surface area contributed by atoms with Crippen molar-refractivity contribution < 1.29 is 4.74 Å². The fourth-order valence-corrected chi connectivity index (χ4v) is 4.31. The topological polar surface area (TPSA) is 65.7 Å². The van der Waals surface area contributed by atoms with Crippen molar-refractivity contribution in [2.45, 2.75) is 10.9 Å². The maximum atomic E-state index is 5.29. The number of methoxy groups -OCH3 is 1. The van der Waals surface area contributed by atoms with E-state index in [1.807, 2.05) is 48.0 Å². The number of hydrogen-bond acceptors (Lipinski definition) is 7. The minimum atomic E-state index is 0.736. The lowest BCUT2D eigenvalue weighted by molar-refractivity contribution is 0.415. The monoisotopic (exact) mass is 395 g/mol. The summed E-state index contributed by atoms with van der Waals surface area (Å²) >= 11 is 3.25. The Labute approximate surface area is 165 Å². The van der Waals surface area contributed by atoms with Crippen LogP contribution in [0.5, 0.6) is 5.75 Å². The molecule has 3 aromatic heterocycles. The molecule has 0 fully saturated rings. The molecule has 1 aromatic carbocycles. The summed E-state index contributed by atoms with van der Waals surface area (Å²) in [6.07, 6.45) is 3.54. The molecular weight excluding hydrogens is 378 g/mol. The summed E-state index contributed by atoms with van der Waals surface area (Å²) in [5.41, 5.74) is 3.04. The van der Waals surface area contributed by atoms with Crippen molar-refractivity contribution in [1.82, 2.24) is 24.7 Å². The highest BCUT2D eigenvalue weighted by Gasteiger charge is 2.13. The Hall–Kier alpha value is -2.71. The molecule has 0 atom stereocenters. The molecule has 3 heterocycles. The van der Waals surface area contributed by atoms with Crippen LogP contribution in [0.3, 0.4) is 0 Å². The van der Waals surface area contributed by atoms with Gasteiger partial charge in [0.15, 0.2) is 11.0 Å². The Kier molecular flexibility index (Phi) is 5.17. The zero-order valence-electron chi connectivity index (χ0n) is 14.9. The van der Waals surface area contributed by atoms with Gasteiger partial charge in [-0.25, -0.2) is 4.98 Å². The molecule has 0 aliphatic carbocycles. The van der Waals surface area contributed by atoms with E-state index >= 15 is 0 Å². The molecule has 0 bridgehead atoms. The van der Waals surface area contributed by atoms with E-state index in [2.05, 4.69) is 20.6 Å². The average Bonchev–Trinajstić information content (AvgIpc) is 3.34. The SMILES string of the molecule is COc1cccc(-c2nc(CSc3nnc(-c4cccnc4)n3C)cs2)c1. The zero-order chi connectivity index (χ0) is 18.6. The minimum absolute atomic E-state index is 0.736. The summed E-state index contributed by atoms with van der Waals surface area (Å²) in [5, 5.41) is 12.5. The van der Waals surface area contributed by atoms with Crippen molar-refractivity contribution in [2.75, 3.05) is 7.11 Å². The number of ether oxygens (including phenoxy) is 1. The van der Waals surface area contributed by atoms with Crippen molar-refractivity contribution in [3.8, 4) is 27.7 Å². The first-order valence-electron chi connectivity index (χ1n) is 8.26. The van der Waals surface area contributed by atoms with Crippen LogP contribution in [0.1, 0.15) is 5.69 Å². The Bertz CT molecular complexity index is 1050. The van der Waals surface area contributed by atoms with E-state index < -0.39 is 0 Å². The number of aromatic nitrogens is 5. The summed E-state index contributed by atoms with van der Waals surface area (Å²) in [6.45, 7) is 0. The Balaban J connectivity index is 1.47. The lowest BCUT2D eigenvalue weighted by Crippen LogP contribution is -1.95. The number of thioether (sulfide) groups is 1. The maximum absolute atomic E-state index is 5.29. The van der Waals surface area contributed by atoms with Gasteiger partial charge in [0.1, 0.15) is 10.8 Å². The van der Waals surface area contributed by atoms with Gasteiger partial charge in [0.25, 0.3) is 0 Å². The molecule has 4 rings (SSSR count). The number of rotatable bonds is 6. The minimum Gasteiger partial charge on any atom is -0.497 e. The van der Waals surface area contributed by atoms with E-state index in [4.69, 9.17) is 9.72 Å². The Morgan fingerprint density at radius 1 is 1.15 bits per heavy atom. The van der Waals surface area contributed by atoms with Gasteiger partial charge in [0.2, 0.25) is 0 Å². The van der Waals surface area contributed by atoms with E-state index in [1.165, 1.54) is 0 Å². The highest BCUT2D eigenvalue weighted by molar-refractivity contribution is 7.98. The molecule has 0 amide bonds. The largest absolute Gasteiger partial charge is 0.497 e. The molecule has 136 valence electrons. The van der Waals surface area contributed by atoms with Crippen LogP contribution in [-0.4, -0.2) is 31.8 Å². The van der Waals surface area contributed by atoms with Crippen LogP contribution in [-0.2, 0) is 12.8 Å². The van der Waals surface area contributed by atoms with E-state index in [0.29, 0.717) is 0 Å². The second kappa shape index (κ2) is 7.89. The van der Waals surface area contributed by atoms with Gasteiger partial charge in [-0.05, 0) is 24.3 Å². The summed E-state index contributed by atoms with van der Waals surface area (Å²) in [5.74, 6) is 2.38. The molecular formula is C19H17N5OS2. The number of hydrogen-bond donors (Lipinski definition) is 0. The van der Waals surface area contributed by atoms with Gasteiger partial charge in [-0.3, -0.25) is 4.98 Å². The highest BCUT2D eigenvalue weighted by Crippen LogP contribution is 2.30. The van der Waals surface area contributed by atoms with Crippen molar-refractivity contribution in [3.63, 3.8) is 0 Å². The molecule has 0 radical (unpaired) electrons. The van der Waals surface area contributed by atoms with Crippen molar-refractivity contribution >= 4 is 23.1 Å². The quantitative estimate of drug-likeness (QED) is 0.454. The number of pyridine rings is 1. The summed E-state index contributed by atoms with van der Waals surface area (Å²) in [6, 6.07) is 11.8. The highest BCUT2D eigenvalue weighted by atomic mass is 32.2. The van der Waals surface area contributed by atoms with Crippen LogP contribution in [0.15, 0.2) is 59.3 Å². The fourth-order valence-electron chi connectivity index (χ4n) is 2.59. The molecule has 0 saturated carbocycles. The second-order valence-electron chi connectivity index (χ2n) is 5.77. The van der Waals surface area contributed by atoms with Gasteiger partial charge in [0.05, 0.1) is 12.8 Å². The standard InChI is InChI=1S/C19H17N5OS2/c1-24-17(14-6-4-8-20-10-14)22-23-19(24)27-12-15-11-26-18(21-15)13-5-3-7-16(9-13)25-2/h3-11H,12H2,1-2H3. The van der Waals surface area contributed by atoms with Gasteiger partial charge in [-0.1, -0.05) is 23.9 Å². The fraction of sp³-hybridized carbons (Fsp3) is 0.158. The first-order chi connectivity index (χ1) is 13.2. The zero-order valence-corrected chi connectivity index (χ0v) is 16.5. The molecule has 4 aromatic rings. The molecule has 0 saturated heterocycles. The normalized spacial score (nSPS) is 10.9. The smallest absolute Gasteiger partial charge is 0.191 e. The molecule has 6 nitrogen and oxygen atoms in total. The van der Waals surface area contributed by atoms with Gasteiger partial charge in [-0.2, -0.15) is 0 Å². The number of benzene rings is 1. The molecule has 0 aliphatic rings. The average molecular weight is 396 g/mol. The summed E-state index contributed by atoms with van der Waals surface area (Å²) in [7, 11) is 3.64. The van der Waals surface area contributed by atoms with E-state index in [9.17, 15) is 0 Å². The third kappa shape index (κ3) is 3.86. The van der Waals surface area contributed by atoms with Crippen LogP contribution in [0.2, 0.25) is 0 Å². The third-order valence-electron chi connectivity index (χ3n) is 3.97. The Morgan fingerprint density at radius 2 is 2.04 bits per heavy atom. The predicted octanol–water partition coefficient (Wildman–Crippen LogP) is 4.30. The van der Waals surface area contributed by atoms with Crippen molar-refractivity contribution in [2.24, 2.45) is 7.05 Å². The van der Waals surface area contributed by atoms with Gasteiger partial charge < -0.3 is 9.30 Å². The van der Waals surface area contributed by atoms with E-state index in [1.54, 1.807) is 42.6 Å².